The van der Waals surface area contributed by atoms with E-state index in [-0.39, 0.29) is 82.4 Å². The van der Waals surface area contributed by atoms with E-state index in [1.165, 1.54) is 10.4 Å². The molecule has 0 amide bonds. The van der Waals surface area contributed by atoms with Gasteiger partial charge in [-0.3, -0.25) is 0 Å². The maximum Gasteiger partial charge on any atom is 0.328 e. The minimum absolute atomic E-state index is 0.0155. The first-order valence-corrected chi connectivity index (χ1v) is 33.8. The first-order valence-electron chi connectivity index (χ1n) is 29.0. The van der Waals surface area contributed by atoms with Crippen molar-refractivity contribution in [3.8, 4) is 0 Å². The third kappa shape index (κ3) is 19.7. The van der Waals surface area contributed by atoms with Gasteiger partial charge >= 0.3 is 5.97 Å². The second-order valence-electron chi connectivity index (χ2n) is 25.5. The van der Waals surface area contributed by atoms with E-state index in [0.717, 1.165) is 18.1 Å². The van der Waals surface area contributed by atoms with Crippen molar-refractivity contribution >= 4 is 33.0 Å². The van der Waals surface area contributed by atoms with Crippen molar-refractivity contribution in [3.63, 3.8) is 0 Å². The third-order valence-corrected chi connectivity index (χ3v) is 27.3. The Kier molecular flexibility index (Phi) is 28.6. The molecule has 0 fully saturated rings. The summed E-state index contributed by atoms with van der Waals surface area (Å²) in [5, 5.41) is 46.8. The van der Waals surface area contributed by atoms with Crippen molar-refractivity contribution in [2.75, 3.05) is 35.0 Å². The van der Waals surface area contributed by atoms with Crippen LogP contribution in [0.15, 0.2) is 96.6 Å². The largest absolute Gasteiger partial charge is 0.478 e. The maximum atomic E-state index is 11.9. The van der Waals surface area contributed by atoms with Crippen molar-refractivity contribution in [1.29, 1.82) is 0 Å². The molecule has 0 spiro atoms. The number of hydrogen-bond acceptors (Lipinski definition) is 11. The molecule has 0 aromatic heterocycles. The molecule has 2 aromatic carbocycles. The van der Waals surface area contributed by atoms with Gasteiger partial charge in [-0.15, -0.1) is 0 Å². The standard InChI is InChI=1S/C64H108O12Si2/c1-43(34-38-59(66)67)33-36-52(76-77(18,19)63(8,9)10)39-50-27-26-28-51(75-50)40-56(70-14)47(5)57(71-15)41-58(72-16)48(6)61(69)49(7)60(68)44(2)35-37-55(65)46(4)62(73-17)45(3)42-74-78(64(11,12)13,53-29-22-20-23-30-53)54-31-24-21-25-32-54/h20-27,29-34,38,44-52,55-58,60-62,65,68-69H,28,35-37,39-42H2,1-19H3,(H,66,67)/b38-34+,43-33+/t44-,45+,46-,47+,48-,49-,50-,51-,52-,55?,56-,57-,58+,60-,61-,62+/m0/s1. The molecule has 1 aliphatic rings. The second-order valence-corrected chi connectivity index (χ2v) is 34.6. The summed E-state index contributed by atoms with van der Waals surface area (Å²) in [6.45, 7) is 32.6. The van der Waals surface area contributed by atoms with Crippen LogP contribution in [0.3, 0.4) is 0 Å². The number of aliphatic hydroxyl groups is 3. The zero-order valence-electron chi connectivity index (χ0n) is 51.6. The van der Waals surface area contributed by atoms with Gasteiger partial charge in [0.1, 0.15) is 0 Å². The summed E-state index contributed by atoms with van der Waals surface area (Å²) in [5.74, 6) is -2.25. The number of benzene rings is 2. The first-order chi connectivity index (χ1) is 36.5. The van der Waals surface area contributed by atoms with Crippen molar-refractivity contribution in [2.45, 2.75) is 219 Å². The number of aliphatic hydroxyl groups excluding tert-OH is 3. The molecule has 0 saturated carbocycles. The van der Waals surface area contributed by atoms with Gasteiger partial charge in [-0.05, 0) is 72.1 Å². The van der Waals surface area contributed by atoms with Gasteiger partial charge in [-0.25, -0.2) is 4.79 Å². The van der Waals surface area contributed by atoms with Gasteiger partial charge < -0.3 is 53.0 Å². The SMILES string of the molecule is CO[C@H]([C@H](C)CO[Si](c1ccccc1)(c1ccccc1)C(C)(C)C)[C@@H](C)C(O)CC[C@H](C)[C@H](O)[C@H](C)[C@@H](O)[C@@H](C)[C@@H](C[C@H](OC)[C@H](C)[C@H](C[C@@H]1CC=C[C@@H](C[C@H](C/C=C(C)/C=C/C(=O)O)O[Si](C)(C)C(C)(C)C)O1)OC)OC. The molecule has 12 nitrogen and oxygen atoms in total. The van der Waals surface area contributed by atoms with E-state index in [9.17, 15) is 20.1 Å². The number of rotatable bonds is 34. The molecule has 0 radical (unpaired) electrons. The number of aliphatic carboxylic acids is 1. The molecule has 14 heteroatoms. The highest BCUT2D eigenvalue weighted by Crippen LogP contribution is 2.40. The third-order valence-electron chi connectivity index (χ3n) is 17.8. The summed E-state index contributed by atoms with van der Waals surface area (Å²) in [6.07, 6.45) is 9.56. The minimum Gasteiger partial charge on any atom is -0.478 e. The molecular formula is C64H108O12Si2. The molecule has 0 aliphatic carbocycles. The smallest absolute Gasteiger partial charge is 0.328 e. The molecule has 16 atom stereocenters. The van der Waals surface area contributed by atoms with Crippen LogP contribution in [0.2, 0.25) is 23.2 Å². The number of carboxylic acid groups (broad SMARTS) is 1. The molecule has 0 bridgehead atoms. The van der Waals surface area contributed by atoms with Crippen LogP contribution < -0.4 is 10.4 Å². The summed E-state index contributed by atoms with van der Waals surface area (Å²) in [7, 11) is 1.90. The highest BCUT2D eigenvalue weighted by Gasteiger charge is 2.51. The Morgan fingerprint density at radius 3 is 1.74 bits per heavy atom. The number of ether oxygens (including phenoxy) is 5. The molecule has 444 valence electrons. The van der Waals surface area contributed by atoms with Crippen molar-refractivity contribution in [1.82, 2.24) is 0 Å². The molecule has 1 heterocycles. The topological polar surface area (TPSA) is 163 Å². The number of allylic oxidation sites excluding steroid dienone is 2. The average molecular weight is 1130 g/mol. The number of hydrogen-bond donors (Lipinski definition) is 4. The molecule has 1 aliphatic heterocycles. The van der Waals surface area contributed by atoms with E-state index in [4.69, 9.17) is 37.6 Å². The highest BCUT2D eigenvalue weighted by molar-refractivity contribution is 6.99. The molecule has 3 rings (SSSR count). The van der Waals surface area contributed by atoms with Gasteiger partial charge in [0.05, 0.1) is 61.0 Å². The van der Waals surface area contributed by atoms with E-state index < -0.39 is 46.8 Å². The van der Waals surface area contributed by atoms with Crippen LogP contribution in [0, 0.1) is 35.5 Å². The Balaban J connectivity index is 1.63. The Hall–Kier alpha value is -2.84. The van der Waals surface area contributed by atoms with Crippen LogP contribution in [0.25, 0.3) is 0 Å². The Morgan fingerprint density at radius 2 is 1.24 bits per heavy atom. The Bertz CT molecular complexity index is 2060. The van der Waals surface area contributed by atoms with Gasteiger partial charge in [-0.1, -0.05) is 174 Å². The minimum atomic E-state index is -2.77. The van der Waals surface area contributed by atoms with Gasteiger partial charge in [-0.2, -0.15) is 0 Å². The summed E-state index contributed by atoms with van der Waals surface area (Å²) in [5.41, 5.74) is 0.871. The van der Waals surface area contributed by atoms with E-state index in [1.807, 2.05) is 52.8 Å². The predicted molar refractivity (Wildman–Crippen MR) is 322 cm³/mol. The normalized spacial score (nSPS) is 21.6. The van der Waals surface area contributed by atoms with Gasteiger partial charge in [0.2, 0.25) is 0 Å². The predicted octanol–water partition coefficient (Wildman–Crippen LogP) is 11.6. The van der Waals surface area contributed by atoms with Crippen molar-refractivity contribution in [2.24, 2.45) is 35.5 Å². The lowest BCUT2D eigenvalue weighted by atomic mass is 9.78. The molecule has 78 heavy (non-hydrogen) atoms. The number of carbonyl (C=O) groups is 1. The molecule has 1 unspecified atom stereocenters. The lowest BCUT2D eigenvalue weighted by Gasteiger charge is -2.44. The molecule has 0 saturated heterocycles. The van der Waals surface area contributed by atoms with Crippen LogP contribution in [-0.2, 0) is 37.3 Å². The van der Waals surface area contributed by atoms with Crippen molar-refractivity contribution in [3.05, 3.63) is 96.6 Å². The van der Waals surface area contributed by atoms with Crippen molar-refractivity contribution < 1.29 is 57.8 Å². The molecular weight excluding hydrogens is 1020 g/mol. The zero-order valence-corrected chi connectivity index (χ0v) is 53.6. The van der Waals surface area contributed by atoms with Crippen LogP contribution in [0.5, 0.6) is 0 Å². The van der Waals surface area contributed by atoms with Crippen LogP contribution in [0.4, 0.5) is 0 Å². The second kappa shape index (κ2) is 32.1. The van der Waals surface area contributed by atoms with Gasteiger partial charge in [0.25, 0.3) is 8.32 Å². The van der Waals surface area contributed by atoms with E-state index in [0.29, 0.717) is 45.1 Å². The van der Waals surface area contributed by atoms with Gasteiger partial charge in [0, 0.05) is 90.0 Å². The fourth-order valence-corrected chi connectivity index (χ4v) is 17.6. The Morgan fingerprint density at radius 1 is 0.692 bits per heavy atom. The summed E-state index contributed by atoms with van der Waals surface area (Å²) in [6, 6.07) is 21.2. The van der Waals surface area contributed by atoms with Crippen LogP contribution in [0.1, 0.15) is 135 Å². The maximum absolute atomic E-state index is 11.9. The molecule has 4 N–H and O–H groups in total. The molecule has 2 aromatic rings. The number of carboxylic acids is 1. The Labute approximate surface area is 475 Å². The summed E-state index contributed by atoms with van der Waals surface area (Å²) in [4.78, 5) is 11.2. The zero-order chi connectivity index (χ0) is 58.8. The van der Waals surface area contributed by atoms with Gasteiger partial charge in [0.15, 0.2) is 8.32 Å². The van der Waals surface area contributed by atoms with E-state index in [2.05, 4.69) is 129 Å². The number of methoxy groups -OCH3 is 4. The lowest BCUT2D eigenvalue weighted by Crippen LogP contribution is -2.67. The van der Waals surface area contributed by atoms with Crippen LogP contribution >= 0.6 is 0 Å². The van der Waals surface area contributed by atoms with E-state index in [1.54, 1.807) is 34.5 Å². The fraction of sp³-hybridized carbons (Fsp3) is 0.703. The average Bonchev–Trinajstić information content (AvgIpc) is 3.39. The van der Waals surface area contributed by atoms with Crippen LogP contribution in [-0.4, -0.2) is 139 Å². The lowest BCUT2D eigenvalue weighted by molar-refractivity contribution is -0.131. The first kappa shape index (κ1) is 69.4. The van der Waals surface area contributed by atoms with E-state index >= 15 is 0 Å². The monoisotopic (exact) mass is 1120 g/mol. The fourth-order valence-electron chi connectivity index (χ4n) is 11.5. The quantitative estimate of drug-likeness (QED) is 0.0227. The summed E-state index contributed by atoms with van der Waals surface area (Å²) >= 11 is 0. The highest BCUT2D eigenvalue weighted by atomic mass is 28.4. The summed E-state index contributed by atoms with van der Waals surface area (Å²) < 4.78 is 45.6.